The molecule has 0 aliphatic rings. The van der Waals surface area contributed by atoms with Crippen LogP contribution < -0.4 is 16.2 Å². The molecule has 5 nitrogen and oxygen atoms in total. The fourth-order valence-corrected chi connectivity index (χ4v) is 1.07. The number of hydrazine groups is 1. The fraction of sp³-hybridized carbons (Fsp3) is 0.0909. The normalized spacial score (nSPS) is 9.29. The van der Waals surface area contributed by atoms with Gasteiger partial charge in [-0.3, -0.25) is 15.0 Å². The molecule has 0 bridgehead atoms. The highest BCUT2D eigenvalue weighted by Gasteiger charge is 2.12. The lowest BCUT2D eigenvalue weighted by molar-refractivity contribution is -0.136. The molecule has 0 aliphatic heterocycles. The Balaban J connectivity index is 2.51. The lowest BCUT2D eigenvalue weighted by Gasteiger charge is -2.07. The smallest absolute Gasteiger partial charge is 0.318 e. The van der Waals surface area contributed by atoms with E-state index in [-0.39, 0.29) is 0 Å². The summed E-state index contributed by atoms with van der Waals surface area (Å²) in [7, 11) is 0. The summed E-state index contributed by atoms with van der Waals surface area (Å²) in [6.45, 7) is 5.16. The average molecular weight is 254 g/mol. The fourth-order valence-electron chi connectivity index (χ4n) is 0.941. The van der Waals surface area contributed by atoms with Gasteiger partial charge in [0.05, 0.1) is 0 Å². The molecule has 0 spiro atoms. The third-order valence-electron chi connectivity index (χ3n) is 1.70. The van der Waals surface area contributed by atoms with Gasteiger partial charge in [0.25, 0.3) is 0 Å². The molecule has 0 saturated heterocycles. The first-order valence-electron chi connectivity index (χ1n) is 4.77. The molecule has 0 heterocycles. The van der Waals surface area contributed by atoms with Crippen molar-refractivity contribution in [2.75, 3.05) is 5.32 Å². The van der Waals surface area contributed by atoms with E-state index in [1.807, 2.05) is 0 Å². The monoisotopic (exact) mass is 253 g/mol. The maximum Gasteiger partial charge on any atom is 0.327 e. The summed E-state index contributed by atoms with van der Waals surface area (Å²) >= 11 is 5.68. The van der Waals surface area contributed by atoms with Gasteiger partial charge in [0.2, 0.25) is 0 Å². The lowest BCUT2D eigenvalue weighted by Crippen LogP contribution is -2.42. The van der Waals surface area contributed by atoms with Gasteiger partial charge in [0.15, 0.2) is 0 Å². The third kappa shape index (κ3) is 4.56. The number of halogens is 1. The Hall–Kier alpha value is -2.01. The van der Waals surface area contributed by atoms with Gasteiger partial charge in [-0.2, -0.15) is 0 Å². The largest absolute Gasteiger partial charge is 0.327 e. The number of benzene rings is 1. The van der Waals surface area contributed by atoms with Gasteiger partial charge in [0.1, 0.15) is 0 Å². The van der Waals surface area contributed by atoms with Crippen molar-refractivity contribution >= 4 is 29.1 Å². The summed E-state index contributed by atoms with van der Waals surface area (Å²) in [5, 5.41) is 2.97. The van der Waals surface area contributed by atoms with Crippen molar-refractivity contribution in [2.45, 2.75) is 6.92 Å². The molecule has 0 unspecified atom stereocenters. The molecular formula is C11H12ClN3O2. The van der Waals surface area contributed by atoms with E-state index in [4.69, 9.17) is 11.6 Å². The van der Waals surface area contributed by atoms with Gasteiger partial charge >= 0.3 is 11.8 Å². The van der Waals surface area contributed by atoms with Crippen LogP contribution in [0, 0.1) is 0 Å². The minimum absolute atomic E-state index is 0.491. The molecule has 3 N–H and O–H groups in total. The van der Waals surface area contributed by atoms with E-state index in [9.17, 15) is 9.59 Å². The first-order valence-corrected chi connectivity index (χ1v) is 5.15. The van der Waals surface area contributed by atoms with Crippen LogP contribution in [0.4, 0.5) is 5.69 Å². The van der Waals surface area contributed by atoms with E-state index in [0.29, 0.717) is 16.4 Å². The van der Waals surface area contributed by atoms with Crippen molar-refractivity contribution in [3.8, 4) is 0 Å². The number of allylic oxidation sites excluding steroid dienone is 1. The molecule has 0 aliphatic carbocycles. The molecular weight excluding hydrogens is 242 g/mol. The van der Waals surface area contributed by atoms with E-state index < -0.39 is 11.8 Å². The highest BCUT2D eigenvalue weighted by molar-refractivity contribution is 6.39. The Bertz CT molecular complexity index is 443. The Labute approximate surface area is 104 Å². The second-order valence-electron chi connectivity index (χ2n) is 3.32. The van der Waals surface area contributed by atoms with Crippen LogP contribution in [-0.2, 0) is 9.59 Å². The molecule has 1 aromatic rings. The van der Waals surface area contributed by atoms with E-state index in [2.05, 4.69) is 22.7 Å². The molecule has 1 rings (SSSR count). The van der Waals surface area contributed by atoms with Crippen molar-refractivity contribution in [1.29, 1.82) is 0 Å². The maximum atomic E-state index is 11.4. The topological polar surface area (TPSA) is 70.2 Å². The van der Waals surface area contributed by atoms with Crippen LogP contribution >= 0.6 is 11.6 Å². The van der Waals surface area contributed by atoms with Crippen molar-refractivity contribution < 1.29 is 9.59 Å². The number of anilines is 1. The van der Waals surface area contributed by atoms with Gasteiger partial charge in [-0.25, -0.2) is 0 Å². The van der Waals surface area contributed by atoms with E-state index in [1.54, 1.807) is 31.2 Å². The van der Waals surface area contributed by atoms with Gasteiger partial charge in [-0.15, -0.1) is 0 Å². The molecule has 6 heteroatoms. The first kappa shape index (κ1) is 13.1. The quantitative estimate of drug-likeness (QED) is 0.564. The zero-order valence-electron chi connectivity index (χ0n) is 9.21. The maximum absolute atomic E-state index is 11.4. The lowest BCUT2D eigenvalue weighted by atomic mass is 10.3. The van der Waals surface area contributed by atoms with Crippen molar-refractivity contribution in [3.63, 3.8) is 0 Å². The Morgan fingerprint density at radius 1 is 1.12 bits per heavy atom. The highest BCUT2D eigenvalue weighted by Crippen LogP contribution is 2.12. The Morgan fingerprint density at radius 2 is 1.71 bits per heavy atom. The van der Waals surface area contributed by atoms with Gasteiger partial charge in [0, 0.05) is 16.4 Å². The van der Waals surface area contributed by atoms with E-state index in [0.717, 1.165) is 0 Å². The summed E-state index contributed by atoms with van der Waals surface area (Å²) in [6, 6.07) is 6.42. The van der Waals surface area contributed by atoms with Crippen LogP contribution in [0.5, 0.6) is 0 Å². The third-order valence-corrected chi connectivity index (χ3v) is 1.95. The van der Waals surface area contributed by atoms with Crippen molar-refractivity contribution in [3.05, 3.63) is 41.6 Å². The molecule has 90 valence electrons. The number of hydrogen-bond acceptors (Lipinski definition) is 3. The number of rotatable bonds is 3. The standard InChI is InChI=1S/C11H12ClN3O2/c1-7(2)14-15-11(17)10(16)13-9-5-3-8(12)4-6-9/h3-6,14H,1H2,2H3,(H,13,16)(H,15,17). The van der Waals surface area contributed by atoms with Crippen LogP contribution in [0.25, 0.3) is 0 Å². The van der Waals surface area contributed by atoms with Crippen LogP contribution in [0.15, 0.2) is 36.5 Å². The second kappa shape index (κ2) is 5.91. The zero-order valence-corrected chi connectivity index (χ0v) is 9.97. The molecule has 0 fully saturated rings. The summed E-state index contributed by atoms with van der Waals surface area (Å²) in [5.41, 5.74) is 5.65. The van der Waals surface area contributed by atoms with Crippen LogP contribution in [-0.4, -0.2) is 11.8 Å². The van der Waals surface area contributed by atoms with E-state index >= 15 is 0 Å². The van der Waals surface area contributed by atoms with Gasteiger partial charge in [-0.05, 0) is 31.2 Å². The molecule has 0 atom stereocenters. The average Bonchev–Trinajstić information content (AvgIpc) is 2.28. The minimum atomic E-state index is -0.803. The highest BCUT2D eigenvalue weighted by atomic mass is 35.5. The molecule has 2 amide bonds. The molecule has 17 heavy (non-hydrogen) atoms. The number of carbonyl (C=O) groups is 2. The van der Waals surface area contributed by atoms with Crippen molar-refractivity contribution in [2.24, 2.45) is 0 Å². The molecule has 0 radical (unpaired) electrons. The summed E-state index contributed by atoms with van der Waals surface area (Å²) in [4.78, 5) is 22.7. The second-order valence-corrected chi connectivity index (χ2v) is 3.76. The molecule has 0 saturated carbocycles. The number of amides is 2. The van der Waals surface area contributed by atoms with Crippen LogP contribution in [0.2, 0.25) is 5.02 Å². The predicted molar refractivity (Wildman–Crippen MR) is 66.2 cm³/mol. The van der Waals surface area contributed by atoms with Crippen LogP contribution in [0.3, 0.4) is 0 Å². The summed E-state index contributed by atoms with van der Waals surface area (Å²) < 4.78 is 0. The number of carbonyl (C=O) groups excluding carboxylic acids is 2. The Morgan fingerprint density at radius 3 is 2.24 bits per heavy atom. The predicted octanol–water partition coefficient (Wildman–Crippen LogP) is 1.43. The van der Waals surface area contributed by atoms with E-state index in [1.165, 1.54) is 0 Å². The summed E-state index contributed by atoms with van der Waals surface area (Å²) in [6.07, 6.45) is 0. The van der Waals surface area contributed by atoms with Crippen LogP contribution in [0.1, 0.15) is 6.92 Å². The first-order chi connectivity index (χ1) is 7.99. The molecule has 1 aromatic carbocycles. The minimum Gasteiger partial charge on any atom is -0.318 e. The Kier molecular flexibility index (Phi) is 4.54. The zero-order chi connectivity index (χ0) is 12.8. The number of hydrogen-bond donors (Lipinski definition) is 3. The van der Waals surface area contributed by atoms with Crippen molar-refractivity contribution in [1.82, 2.24) is 10.9 Å². The van der Waals surface area contributed by atoms with Gasteiger partial charge in [-0.1, -0.05) is 18.2 Å². The molecule has 0 aromatic heterocycles. The SMILES string of the molecule is C=C(C)NNC(=O)C(=O)Nc1ccc(Cl)cc1. The summed E-state index contributed by atoms with van der Waals surface area (Å²) in [5.74, 6) is -1.58. The van der Waals surface area contributed by atoms with Gasteiger partial charge < -0.3 is 10.7 Å². The number of nitrogens with one attached hydrogen (secondary N) is 3.